The fourth-order valence-electron chi connectivity index (χ4n) is 0.739. The zero-order valence-electron chi connectivity index (χ0n) is 6.03. The summed E-state index contributed by atoms with van der Waals surface area (Å²) in [6.07, 6.45) is 3.97. The Bertz CT molecular complexity index is 220. The van der Waals surface area contributed by atoms with Crippen molar-refractivity contribution < 1.29 is 4.79 Å². The monoisotopic (exact) mass is 172 g/mol. The van der Waals surface area contributed by atoms with Crippen molar-refractivity contribution in [2.45, 2.75) is 13.0 Å². The van der Waals surface area contributed by atoms with E-state index in [0.717, 1.165) is 0 Å². The summed E-state index contributed by atoms with van der Waals surface area (Å²) in [4.78, 5) is 10.7. The first-order chi connectivity index (χ1) is 5.33. The van der Waals surface area contributed by atoms with Crippen LogP contribution >= 0.6 is 11.6 Å². The van der Waals surface area contributed by atoms with Crippen molar-refractivity contribution in [3.63, 3.8) is 0 Å². The molecule has 3 nitrogen and oxygen atoms in total. The van der Waals surface area contributed by atoms with Crippen LogP contribution in [0.2, 0.25) is 0 Å². The highest BCUT2D eigenvalue weighted by molar-refractivity contribution is 6.27. The first kappa shape index (κ1) is 8.27. The Morgan fingerprint density at radius 2 is 2.45 bits per heavy atom. The highest BCUT2D eigenvalue weighted by Gasteiger charge is 1.98. The Hall–Kier alpha value is -0.830. The molecule has 0 aromatic carbocycles. The van der Waals surface area contributed by atoms with Crippen LogP contribution in [-0.4, -0.2) is 21.4 Å². The van der Waals surface area contributed by atoms with E-state index in [1.54, 1.807) is 10.9 Å². The number of hydrogen-bond donors (Lipinski definition) is 0. The van der Waals surface area contributed by atoms with Crippen molar-refractivity contribution in [3.05, 3.63) is 18.5 Å². The van der Waals surface area contributed by atoms with Crippen LogP contribution < -0.4 is 0 Å². The molecule has 1 aromatic rings. The molecule has 0 aliphatic heterocycles. The number of rotatable bonds is 4. The van der Waals surface area contributed by atoms with Crippen LogP contribution in [0.5, 0.6) is 0 Å². The molecule has 0 saturated heterocycles. The molecule has 0 atom stereocenters. The van der Waals surface area contributed by atoms with Gasteiger partial charge in [-0.1, -0.05) is 0 Å². The van der Waals surface area contributed by atoms with Crippen molar-refractivity contribution in [2.75, 3.05) is 5.88 Å². The van der Waals surface area contributed by atoms with E-state index in [1.165, 1.54) is 0 Å². The molecule has 4 heteroatoms. The molecular weight excluding hydrogens is 164 g/mol. The number of aryl methyl sites for hydroxylation is 1. The second-order valence-electron chi connectivity index (χ2n) is 2.19. The topological polar surface area (TPSA) is 34.9 Å². The van der Waals surface area contributed by atoms with E-state index >= 15 is 0 Å². The van der Waals surface area contributed by atoms with Crippen LogP contribution in [0, 0.1) is 0 Å². The van der Waals surface area contributed by atoms with Gasteiger partial charge in [-0.25, -0.2) is 0 Å². The van der Waals surface area contributed by atoms with Gasteiger partial charge in [0, 0.05) is 25.4 Å². The maximum absolute atomic E-state index is 10.7. The molecule has 1 heterocycles. The highest BCUT2D eigenvalue weighted by Crippen LogP contribution is 1.92. The molecular formula is C7H9ClN2O. The Labute approximate surface area is 70.0 Å². The molecule has 0 aliphatic rings. The second kappa shape index (κ2) is 4.13. The summed E-state index contributed by atoms with van der Waals surface area (Å²) >= 11 is 5.31. The van der Waals surface area contributed by atoms with Crippen molar-refractivity contribution >= 4 is 17.4 Å². The molecule has 1 rings (SSSR count). The number of halogens is 1. The number of alkyl halides is 1. The molecule has 0 N–H and O–H groups in total. The predicted molar refractivity (Wildman–Crippen MR) is 42.6 cm³/mol. The molecule has 60 valence electrons. The van der Waals surface area contributed by atoms with Crippen LogP contribution in [0.4, 0.5) is 0 Å². The summed E-state index contributed by atoms with van der Waals surface area (Å²) in [5, 5.41) is 3.94. The van der Waals surface area contributed by atoms with Gasteiger partial charge in [-0.2, -0.15) is 5.10 Å². The molecule has 0 aliphatic carbocycles. The Balaban J connectivity index is 2.29. The number of nitrogens with zero attached hydrogens (tertiary/aromatic N) is 2. The summed E-state index contributed by atoms with van der Waals surface area (Å²) in [7, 11) is 0. The van der Waals surface area contributed by atoms with Crippen molar-refractivity contribution in [1.29, 1.82) is 0 Å². The third-order valence-electron chi connectivity index (χ3n) is 1.33. The van der Waals surface area contributed by atoms with Gasteiger partial charge in [0.15, 0.2) is 0 Å². The molecule has 1 aromatic heterocycles. The van der Waals surface area contributed by atoms with Gasteiger partial charge in [0.1, 0.15) is 5.78 Å². The third kappa shape index (κ3) is 2.72. The Kier molecular flexibility index (Phi) is 3.11. The quantitative estimate of drug-likeness (QED) is 0.638. The van der Waals surface area contributed by atoms with Crippen LogP contribution in [0.1, 0.15) is 6.42 Å². The summed E-state index contributed by atoms with van der Waals surface area (Å²) < 4.78 is 1.71. The average Bonchev–Trinajstić information content (AvgIpc) is 2.52. The van der Waals surface area contributed by atoms with E-state index in [0.29, 0.717) is 13.0 Å². The van der Waals surface area contributed by atoms with E-state index in [9.17, 15) is 4.79 Å². The maximum atomic E-state index is 10.7. The lowest BCUT2D eigenvalue weighted by atomic mass is 10.3. The van der Waals surface area contributed by atoms with Crippen molar-refractivity contribution in [3.8, 4) is 0 Å². The van der Waals surface area contributed by atoms with Gasteiger partial charge in [0.05, 0.1) is 5.88 Å². The number of carbonyl (C=O) groups excluding carboxylic acids is 1. The number of ketones is 1. The summed E-state index contributed by atoms with van der Waals surface area (Å²) in [6.45, 7) is 0.624. The Morgan fingerprint density at radius 3 is 3.00 bits per heavy atom. The number of aromatic nitrogens is 2. The fourth-order valence-corrected chi connectivity index (χ4v) is 0.872. The Morgan fingerprint density at radius 1 is 1.64 bits per heavy atom. The molecule has 0 saturated carbocycles. The van der Waals surface area contributed by atoms with Crippen molar-refractivity contribution in [1.82, 2.24) is 9.78 Å². The number of hydrogen-bond acceptors (Lipinski definition) is 2. The van der Waals surface area contributed by atoms with Gasteiger partial charge in [-0.05, 0) is 6.07 Å². The first-order valence-corrected chi connectivity index (χ1v) is 3.91. The van der Waals surface area contributed by atoms with E-state index in [4.69, 9.17) is 11.6 Å². The summed E-state index contributed by atoms with van der Waals surface area (Å²) in [6, 6.07) is 1.82. The summed E-state index contributed by atoms with van der Waals surface area (Å²) in [5.41, 5.74) is 0. The van der Waals surface area contributed by atoms with Crippen LogP contribution in [0.25, 0.3) is 0 Å². The van der Waals surface area contributed by atoms with E-state index in [1.807, 2.05) is 12.3 Å². The SMILES string of the molecule is O=C(CCl)CCn1cccn1. The maximum Gasteiger partial charge on any atom is 0.149 e. The van der Waals surface area contributed by atoms with Gasteiger partial charge >= 0.3 is 0 Å². The minimum atomic E-state index is 0.0576. The average molecular weight is 173 g/mol. The number of carbonyl (C=O) groups is 1. The minimum absolute atomic E-state index is 0.0576. The predicted octanol–water partition coefficient (Wildman–Crippen LogP) is 1.08. The largest absolute Gasteiger partial charge is 0.298 e. The molecule has 0 spiro atoms. The smallest absolute Gasteiger partial charge is 0.149 e. The van der Waals surface area contributed by atoms with E-state index < -0.39 is 0 Å². The third-order valence-corrected chi connectivity index (χ3v) is 1.63. The van der Waals surface area contributed by atoms with Gasteiger partial charge in [0.2, 0.25) is 0 Å². The van der Waals surface area contributed by atoms with E-state index in [-0.39, 0.29) is 11.7 Å². The van der Waals surface area contributed by atoms with Gasteiger partial charge in [-0.3, -0.25) is 9.48 Å². The van der Waals surface area contributed by atoms with Gasteiger partial charge < -0.3 is 0 Å². The lowest BCUT2D eigenvalue weighted by Crippen LogP contribution is -2.06. The van der Waals surface area contributed by atoms with Crippen LogP contribution in [0.3, 0.4) is 0 Å². The second-order valence-corrected chi connectivity index (χ2v) is 2.46. The zero-order valence-corrected chi connectivity index (χ0v) is 6.79. The summed E-state index contributed by atoms with van der Waals surface area (Å²) in [5.74, 6) is 0.156. The van der Waals surface area contributed by atoms with E-state index in [2.05, 4.69) is 5.10 Å². The molecule has 0 amide bonds. The fraction of sp³-hybridized carbons (Fsp3) is 0.429. The minimum Gasteiger partial charge on any atom is -0.298 e. The molecule has 11 heavy (non-hydrogen) atoms. The van der Waals surface area contributed by atoms with Crippen molar-refractivity contribution in [2.24, 2.45) is 0 Å². The zero-order chi connectivity index (χ0) is 8.10. The molecule has 0 bridgehead atoms. The van der Waals surface area contributed by atoms with Crippen LogP contribution in [-0.2, 0) is 11.3 Å². The number of Topliss-reactive ketones (excluding diaryl/α,β-unsaturated/α-hetero) is 1. The standard InChI is InChI=1S/C7H9ClN2O/c8-6-7(11)2-5-10-4-1-3-9-10/h1,3-4H,2,5-6H2. The molecule has 0 fully saturated rings. The van der Waals surface area contributed by atoms with Crippen LogP contribution in [0.15, 0.2) is 18.5 Å². The van der Waals surface area contributed by atoms with Gasteiger partial charge in [-0.15, -0.1) is 11.6 Å². The molecule has 0 radical (unpaired) electrons. The lowest BCUT2D eigenvalue weighted by Gasteiger charge is -1.97. The molecule has 0 unspecified atom stereocenters. The highest BCUT2D eigenvalue weighted by atomic mass is 35.5. The lowest BCUT2D eigenvalue weighted by molar-refractivity contribution is -0.116. The van der Waals surface area contributed by atoms with Gasteiger partial charge in [0.25, 0.3) is 0 Å². The first-order valence-electron chi connectivity index (χ1n) is 3.38. The normalized spacial score (nSPS) is 9.91.